The number of carbonyl (C=O) groups is 1. The number of aliphatic hydroxyl groups excluding tert-OH is 1. The number of carboxylic acids is 1. The van der Waals surface area contributed by atoms with Gasteiger partial charge in [0.2, 0.25) is 0 Å². The van der Waals surface area contributed by atoms with Crippen LogP contribution in [0.15, 0.2) is 30.3 Å². The molecule has 0 fully saturated rings. The van der Waals surface area contributed by atoms with Gasteiger partial charge in [-0.15, -0.1) is 0 Å². The smallest absolute Gasteiger partial charge is 0.304 e. The summed E-state index contributed by atoms with van der Waals surface area (Å²) < 4.78 is 27.7. The van der Waals surface area contributed by atoms with Gasteiger partial charge in [-0.1, -0.05) is 30.3 Å². The van der Waals surface area contributed by atoms with Crippen molar-refractivity contribution in [3.8, 4) is 0 Å². The van der Waals surface area contributed by atoms with Gasteiger partial charge in [-0.2, -0.15) is 17.4 Å². The first-order valence-corrected chi connectivity index (χ1v) is 7.79. The fourth-order valence-electron chi connectivity index (χ4n) is 1.72. The van der Waals surface area contributed by atoms with Crippen LogP contribution in [-0.4, -0.2) is 49.1 Å². The zero-order valence-electron chi connectivity index (χ0n) is 12.0. The minimum atomic E-state index is -3.91. The van der Waals surface area contributed by atoms with Gasteiger partial charge >= 0.3 is 5.97 Å². The van der Waals surface area contributed by atoms with Crippen LogP contribution < -0.4 is 4.72 Å². The second-order valence-corrected chi connectivity index (χ2v) is 6.71. The number of carboxylic acid groups (broad SMARTS) is 1. The van der Waals surface area contributed by atoms with Crippen LogP contribution >= 0.6 is 0 Å². The summed E-state index contributed by atoms with van der Waals surface area (Å²) in [6.45, 7) is 0.981. The van der Waals surface area contributed by atoms with Crippen LogP contribution in [-0.2, 0) is 20.5 Å². The van der Waals surface area contributed by atoms with Crippen LogP contribution in [0.2, 0.25) is 0 Å². The molecule has 0 radical (unpaired) electrons. The van der Waals surface area contributed by atoms with Gasteiger partial charge in [0, 0.05) is 13.6 Å². The fourth-order valence-corrected chi connectivity index (χ4v) is 2.96. The van der Waals surface area contributed by atoms with Gasteiger partial charge in [0.15, 0.2) is 0 Å². The minimum Gasteiger partial charge on any atom is -0.481 e. The second-order valence-electron chi connectivity index (χ2n) is 4.93. The molecule has 0 amide bonds. The largest absolute Gasteiger partial charge is 0.481 e. The Hall–Kier alpha value is -1.48. The molecule has 0 aliphatic heterocycles. The normalized spacial score (nSPS) is 14.9. The number of nitrogens with one attached hydrogen (secondary N) is 1. The van der Waals surface area contributed by atoms with E-state index in [9.17, 15) is 18.3 Å². The van der Waals surface area contributed by atoms with E-state index in [2.05, 4.69) is 4.72 Å². The molecule has 0 spiro atoms. The molecule has 21 heavy (non-hydrogen) atoms. The molecule has 0 heterocycles. The van der Waals surface area contributed by atoms with E-state index in [0.29, 0.717) is 5.56 Å². The van der Waals surface area contributed by atoms with Crippen LogP contribution in [0, 0.1) is 0 Å². The lowest BCUT2D eigenvalue weighted by molar-refractivity contribution is -0.137. The van der Waals surface area contributed by atoms with E-state index < -0.39 is 28.3 Å². The summed E-state index contributed by atoms with van der Waals surface area (Å²) in [5.74, 6) is -1.08. The van der Waals surface area contributed by atoms with Crippen LogP contribution in [0.1, 0.15) is 18.9 Å². The van der Waals surface area contributed by atoms with Crippen molar-refractivity contribution in [3.63, 3.8) is 0 Å². The molecule has 0 aliphatic carbocycles. The lowest BCUT2D eigenvalue weighted by Crippen LogP contribution is -2.51. The quantitative estimate of drug-likeness (QED) is 0.632. The first kappa shape index (κ1) is 17.6. The van der Waals surface area contributed by atoms with Crippen LogP contribution in [0.3, 0.4) is 0 Å². The van der Waals surface area contributed by atoms with E-state index in [-0.39, 0.29) is 13.0 Å². The Balaban J connectivity index is 2.92. The summed E-state index contributed by atoms with van der Waals surface area (Å²) in [5, 5.41) is 18.2. The second kappa shape index (κ2) is 6.99. The van der Waals surface area contributed by atoms with E-state index >= 15 is 0 Å². The standard InChI is InChI=1S/C13H20N2O5S/c1-13(10-16,11-6-4-3-5-7-11)14-21(19,20)15(2)9-8-12(17)18/h3-7,14,16H,8-10H2,1-2H3,(H,17,18). The van der Waals surface area contributed by atoms with Gasteiger partial charge in [-0.3, -0.25) is 4.79 Å². The molecule has 1 atom stereocenters. The highest BCUT2D eigenvalue weighted by Gasteiger charge is 2.33. The highest BCUT2D eigenvalue weighted by molar-refractivity contribution is 7.87. The van der Waals surface area contributed by atoms with Gasteiger partial charge in [-0.05, 0) is 12.5 Å². The lowest BCUT2D eigenvalue weighted by Gasteiger charge is -2.31. The van der Waals surface area contributed by atoms with Gasteiger partial charge in [0.25, 0.3) is 10.2 Å². The molecule has 0 saturated carbocycles. The third kappa shape index (κ3) is 4.78. The summed E-state index contributed by atoms with van der Waals surface area (Å²) in [6.07, 6.45) is -0.293. The maximum Gasteiger partial charge on any atom is 0.304 e. The molecule has 1 rings (SSSR count). The van der Waals surface area contributed by atoms with Crippen molar-refractivity contribution in [1.82, 2.24) is 9.03 Å². The van der Waals surface area contributed by atoms with Crippen molar-refractivity contribution in [2.45, 2.75) is 18.9 Å². The predicted octanol–water partition coefficient (Wildman–Crippen LogP) is 0.135. The molecule has 1 unspecified atom stereocenters. The molecule has 3 N–H and O–H groups in total. The summed E-state index contributed by atoms with van der Waals surface area (Å²) in [4.78, 5) is 10.5. The predicted molar refractivity (Wildman–Crippen MR) is 77.8 cm³/mol. The molecule has 118 valence electrons. The monoisotopic (exact) mass is 316 g/mol. The Labute approximate surface area is 124 Å². The Bertz CT molecular complexity index is 575. The highest BCUT2D eigenvalue weighted by Crippen LogP contribution is 2.21. The Morgan fingerprint density at radius 2 is 1.90 bits per heavy atom. The molecule has 0 bridgehead atoms. The maximum atomic E-state index is 12.2. The molecular weight excluding hydrogens is 296 g/mol. The van der Waals surface area contributed by atoms with Gasteiger partial charge in [-0.25, -0.2) is 0 Å². The first-order chi connectivity index (χ1) is 9.71. The van der Waals surface area contributed by atoms with E-state index in [1.165, 1.54) is 7.05 Å². The van der Waals surface area contributed by atoms with E-state index in [4.69, 9.17) is 5.11 Å². The summed E-state index contributed by atoms with van der Waals surface area (Å²) in [7, 11) is -2.63. The van der Waals surface area contributed by atoms with Crippen LogP contribution in [0.5, 0.6) is 0 Å². The maximum absolute atomic E-state index is 12.2. The summed E-state index contributed by atoms with van der Waals surface area (Å²) >= 11 is 0. The number of nitrogens with zero attached hydrogens (tertiary/aromatic N) is 1. The first-order valence-electron chi connectivity index (χ1n) is 6.35. The lowest BCUT2D eigenvalue weighted by atomic mass is 9.94. The molecule has 0 saturated heterocycles. The van der Waals surface area contributed by atoms with Crippen molar-refractivity contribution in [1.29, 1.82) is 0 Å². The number of benzene rings is 1. The zero-order valence-corrected chi connectivity index (χ0v) is 12.8. The van der Waals surface area contributed by atoms with Crippen molar-refractivity contribution in [2.75, 3.05) is 20.2 Å². The minimum absolute atomic E-state index is 0.152. The number of aliphatic hydroxyl groups is 1. The highest BCUT2D eigenvalue weighted by atomic mass is 32.2. The third-order valence-electron chi connectivity index (χ3n) is 3.13. The Morgan fingerprint density at radius 3 is 2.38 bits per heavy atom. The van der Waals surface area contributed by atoms with Gasteiger partial charge in [0.1, 0.15) is 0 Å². The number of hydrogen-bond acceptors (Lipinski definition) is 4. The van der Waals surface area contributed by atoms with E-state index in [1.54, 1.807) is 37.3 Å². The average molecular weight is 316 g/mol. The van der Waals surface area contributed by atoms with Crippen LogP contribution in [0.25, 0.3) is 0 Å². The molecule has 0 aliphatic rings. The van der Waals surface area contributed by atoms with Crippen molar-refractivity contribution in [3.05, 3.63) is 35.9 Å². The molecular formula is C13H20N2O5S. The van der Waals surface area contributed by atoms with Crippen molar-refractivity contribution >= 4 is 16.2 Å². The van der Waals surface area contributed by atoms with E-state index in [1.807, 2.05) is 0 Å². The Kier molecular flexibility index (Phi) is 5.85. The summed E-state index contributed by atoms with van der Waals surface area (Å²) in [6, 6.07) is 8.68. The Morgan fingerprint density at radius 1 is 1.33 bits per heavy atom. The SMILES string of the molecule is CN(CCC(=O)O)S(=O)(=O)NC(C)(CO)c1ccccc1. The van der Waals surface area contributed by atoms with Gasteiger partial charge in [0.05, 0.1) is 18.6 Å². The van der Waals surface area contributed by atoms with Gasteiger partial charge < -0.3 is 10.2 Å². The molecule has 1 aromatic carbocycles. The van der Waals surface area contributed by atoms with Crippen LogP contribution in [0.4, 0.5) is 0 Å². The molecule has 0 aromatic heterocycles. The zero-order chi connectivity index (χ0) is 16.1. The molecule has 1 aromatic rings. The number of rotatable bonds is 8. The molecule has 8 heteroatoms. The van der Waals surface area contributed by atoms with Crippen molar-refractivity contribution < 1.29 is 23.4 Å². The average Bonchev–Trinajstić information content (AvgIpc) is 2.45. The van der Waals surface area contributed by atoms with E-state index in [0.717, 1.165) is 4.31 Å². The van der Waals surface area contributed by atoms with Crippen molar-refractivity contribution in [2.24, 2.45) is 0 Å². The molecule has 7 nitrogen and oxygen atoms in total. The third-order valence-corrected chi connectivity index (χ3v) is 4.84. The summed E-state index contributed by atoms with van der Waals surface area (Å²) in [5.41, 5.74) is -0.569. The fraction of sp³-hybridized carbons (Fsp3) is 0.462. The topological polar surface area (TPSA) is 107 Å². The number of aliphatic carboxylic acids is 1. The number of hydrogen-bond donors (Lipinski definition) is 3.